The Morgan fingerprint density at radius 3 is 3.07 bits per heavy atom. The van der Waals surface area contributed by atoms with E-state index in [0.29, 0.717) is 29.0 Å². The lowest BCUT2D eigenvalue weighted by Gasteiger charge is -2.06. The third kappa shape index (κ3) is 2.35. The molecular weight excluding hydrogens is 216 g/mol. The number of halogens is 1. The van der Waals surface area contributed by atoms with Gasteiger partial charge in [-0.3, -0.25) is 5.10 Å². The average Bonchev–Trinajstić information content (AvgIpc) is 2.72. The third-order valence-corrected chi connectivity index (χ3v) is 1.99. The highest BCUT2D eigenvalue weighted by Gasteiger charge is 2.02. The second kappa shape index (κ2) is 4.14. The lowest BCUT2D eigenvalue weighted by Crippen LogP contribution is -2.05. The van der Waals surface area contributed by atoms with Gasteiger partial charge in [-0.25, -0.2) is 9.97 Å². The fraction of sp³-hybridized carbons (Fsp3) is 0.125. The van der Waals surface area contributed by atoms with Crippen molar-refractivity contribution in [1.29, 1.82) is 0 Å². The van der Waals surface area contributed by atoms with Crippen LogP contribution in [0.15, 0.2) is 18.5 Å². The van der Waals surface area contributed by atoms with Crippen LogP contribution in [0.25, 0.3) is 0 Å². The van der Waals surface area contributed by atoms with Gasteiger partial charge < -0.3 is 11.1 Å². The lowest BCUT2D eigenvalue weighted by molar-refractivity contribution is 0.948. The molecule has 15 heavy (non-hydrogen) atoms. The SMILES string of the molecule is Nc1ccc(Cl)nc1NCc1ncn[nH]1. The van der Waals surface area contributed by atoms with Gasteiger partial charge in [0.15, 0.2) is 5.82 Å². The number of H-pyrrole nitrogens is 1. The van der Waals surface area contributed by atoms with Gasteiger partial charge in [-0.1, -0.05) is 11.6 Å². The zero-order valence-corrected chi connectivity index (χ0v) is 8.49. The number of nitrogen functional groups attached to an aromatic ring is 1. The predicted octanol–water partition coefficient (Wildman–Crippen LogP) is 1.05. The van der Waals surface area contributed by atoms with Crippen LogP contribution >= 0.6 is 11.6 Å². The molecule has 0 radical (unpaired) electrons. The van der Waals surface area contributed by atoms with Crippen molar-refractivity contribution in [3.63, 3.8) is 0 Å². The second-order valence-corrected chi connectivity index (χ2v) is 3.24. The molecule has 0 saturated carbocycles. The molecule has 0 bridgehead atoms. The molecule has 0 aliphatic heterocycles. The highest BCUT2D eigenvalue weighted by Crippen LogP contribution is 2.18. The monoisotopic (exact) mass is 224 g/mol. The van der Waals surface area contributed by atoms with Crippen molar-refractivity contribution in [2.75, 3.05) is 11.1 Å². The third-order valence-electron chi connectivity index (χ3n) is 1.78. The number of anilines is 2. The quantitative estimate of drug-likeness (QED) is 0.678. The zero-order chi connectivity index (χ0) is 10.7. The summed E-state index contributed by atoms with van der Waals surface area (Å²) in [7, 11) is 0. The van der Waals surface area contributed by atoms with E-state index in [2.05, 4.69) is 25.5 Å². The molecule has 2 aromatic heterocycles. The Balaban J connectivity index is 2.07. The molecule has 0 saturated heterocycles. The Kier molecular flexibility index (Phi) is 2.68. The molecule has 0 atom stereocenters. The Morgan fingerprint density at radius 2 is 2.33 bits per heavy atom. The van der Waals surface area contributed by atoms with E-state index in [1.54, 1.807) is 12.1 Å². The Bertz CT molecular complexity index is 440. The maximum Gasteiger partial charge on any atom is 0.151 e. The van der Waals surface area contributed by atoms with Crippen LogP contribution in [0.3, 0.4) is 0 Å². The zero-order valence-electron chi connectivity index (χ0n) is 7.74. The van der Waals surface area contributed by atoms with Crippen LogP contribution < -0.4 is 11.1 Å². The summed E-state index contributed by atoms with van der Waals surface area (Å²) in [5.41, 5.74) is 6.24. The van der Waals surface area contributed by atoms with Gasteiger partial charge in [-0.05, 0) is 12.1 Å². The molecule has 7 heteroatoms. The van der Waals surface area contributed by atoms with E-state index in [-0.39, 0.29) is 0 Å². The normalized spacial score (nSPS) is 10.2. The first-order chi connectivity index (χ1) is 7.25. The molecule has 0 aliphatic carbocycles. The largest absolute Gasteiger partial charge is 0.396 e. The minimum atomic E-state index is 0.393. The van der Waals surface area contributed by atoms with Crippen molar-refractivity contribution >= 4 is 23.1 Å². The Hall–Kier alpha value is -1.82. The van der Waals surface area contributed by atoms with E-state index in [9.17, 15) is 0 Å². The van der Waals surface area contributed by atoms with Gasteiger partial charge in [0, 0.05) is 0 Å². The molecule has 0 aromatic carbocycles. The molecule has 2 aromatic rings. The number of nitrogens with zero attached hydrogens (tertiary/aromatic N) is 3. The summed E-state index contributed by atoms with van der Waals surface area (Å²) in [5.74, 6) is 1.25. The molecule has 78 valence electrons. The van der Waals surface area contributed by atoms with Gasteiger partial charge in [0.25, 0.3) is 0 Å². The molecule has 4 N–H and O–H groups in total. The fourth-order valence-corrected chi connectivity index (χ4v) is 1.22. The van der Waals surface area contributed by atoms with Crippen molar-refractivity contribution in [2.24, 2.45) is 0 Å². The van der Waals surface area contributed by atoms with Crippen molar-refractivity contribution < 1.29 is 0 Å². The number of nitrogens with two attached hydrogens (primary N) is 1. The number of aromatic nitrogens is 4. The van der Waals surface area contributed by atoms with E-state index in [1.165, 1.54) is 6.33 Å². The van der Waals surface area contributed by atoms with Gasteiger partial charge in [0.2, 0.25) is 0 Å². The molecular formula is C8H9ClN6. The lowest BCUT2D eigenvalue weighted by atomic mass is 10.4. The molecule has 0 unspecified atom stereocenters. The smallest absolute Gasteiger partial charge is 0.151 e. The molecule has 0 spiro atoms. The number of hydrogen-bond donors (Lipinski definition) is 3. The number of rotatable bonds is 3. The predicted molar refractivity (Wildman–Crippen MR) is 57.4 cm³/mol. The number of hydrogen-bond acceptors (Lipinski definition) is 5. The van der Waals surface area contributed by atoms with E-state index < -0.39 is 0 Å². The van der Waals surface area contributed by atoms with Gasteiger partial charge in [0.1, 0.15) is 17.3 Å². The van der Waals surface area contributed by atoms with Crippen LogP contribution in [0.1, 0.15) is 5.82 Å². The molecule has 2 heterocycles. The van der Waals surface area contributed by atoms with Gasteiger partial charge in [-0.2, -0.15) is 5.10 Å². The molecule has 2 rings (SSSR count). The molecule has 0 aliphatic rings. The Labute approximate surface area is 90.9 Å². The molecule has 0 amide bonds. The maximum atomic E-state index is 5.74. The van der Waals surface area contributed by atoms with Crippen molar-refractivity contribution in [1.82, 2.24) is 20.2 Å². The summed E-state index contributed by atoms with van der Waals surface area (Å²) in [5, 5.41) is 9.83. The summed E-state index contributed by atoms with van der Waals surface area (Å²) in [6.45, 7) is 0.470. The minimum absolute atomic E-state index is 0.393. The van der Waals surface area contributed by atoms with Crippen LogP contribution in [0, 0.1) is 0 Å². The fourth-order valence-electron chi connectivity index (χ4n) is 1.07. The van der Waals surface area contributed by atoms with Crippen LogP contribution in [0.4, 0.5) is 11.5 Å². The van der Waals surface area contributed by atoms with Crippen LogP contribution in [0.2, 0.25) is 5.15 Å². The van der Waals surface area contributed by atoms with Crippen molar-refractivity contribution in [2.45, 2.75) is 6.54 Å². The highest BCUT2D eigenvalue weighted by molar-refractivity contribution is 6.29. The number of aromatic amines is 1. The summed E-state index contributed by atoms with van der Waals surface area (Å²) < 4.78 is 0. The van der Waals surface area contributed by atoms with E-state index >= 15 is 0 Å². The van der Waals surface area contributed by atoms with E-state index in [0.717, 1.165) is 0 Å². The molecule has 6 nitrogen and oxygen atoms in total. The first-order valence-corrected chi connectivity index (χ1v) is 4.63. The average molecular weight is 225 g/mol. The highest BCUT2D eigenvalue weighted by atomic mass is 35.5. The van der Waals surface area contributed by atoms with Gasteiger partial charge >= 0.3 is 0 Å². The second-order valence-electron chi connectivity index (χ2n) is 2.86. The minimum Gasteiger partial charge on any atom is -0.396 e. The van der Waals surface area contributed by atoms with Crippen LogP contribution in [0.5, 0.6) is 0 Å². The van der Waals surface area contributed by atoms with E-state index in [1.807, 2.05) is 0 Å². The summed E-state index contributed by atoms with van der Waals surface area (Å²) in [6, 6.07) is 3.33. The summed E-state index contributed by atoms with van der Waals surface area (Å²) >= 11 is 5.74. The van der Waals surface area contributed by atoms with Crippen LogP contribution in [-0.4, -0.2) is 20.2 Å². The van der Waals surface area contributed by atoms with Crippen molar-refractivity contribution in [3.8, 4) is 0 Å². The topological polar surface area (TPSA) is 92.5 Å². The van der Waals surface area contributed by atoms with E-state index in [4.69, 9.17) is 17.3 Å². The van der Waals surface area contributed by atoms with Crippen molar-refractivity contribution in [3.05, 3.63) is 29.4 Å². The standard InChI is InChI=1S/C8H9ClN6/c9-6-2-1-5(10)8(14-6)11-3-7-12-4-13-15-7/h1-2,4H,3,10H2,(H,11,14)(H,12,13,15). The number of pyridine rings is 1. The summed E-state index contributed by atoms with van der Waals surface area (Å²) in [6.07, 6.45) is 1.44. The van der Waals surface area contributed by atoms with Crippen LogP contribution in [-0.2, 0) is 6.54 Å². The number of nitrogens with one attached hydrogen (secondary N) is 2. The maximum absolute atomic E-state index is 5.74. The summed E-state index contributed by atoms with van der Waals surface area (Å²) in [4.78, 5) is 7.99. The van der Waals surface area contributed by atoms with Gasteiger partial charge in [0.05, 0.1) is 12.2 Å². The molecule has 0 fully saturated rings. The first kappa shape index (κ1) is 9.72. The Morgan fingerprint density at radius 1 is 1.47 bits per heavy atom. The first-order valence-electron chi connectivity index (χ1n) is 4.26. The van der Waals surface area contributed by atoms with Gasteiger partial charge in [-0.15, -0.1) is 0 Å².